The molecule has 104 valence electrons. The van der Waals surface area contributed by atoms with Gasteiger partial charge in [-0.15, -0.1) is 11.3 Å². The summed E-state index contributed by atoms with van der Waals surface area (Å²) in [5.41, 5.74) is 8.45. The fraction of sp³-hybridized carbons (Fsp3) is 0.200. The number of hydrogen-bond acceptors (Lipinski definition) is 3. The standard InChI is InChI=1S/C15H16N2OS2/c1-9-7-13(20-10(9)2)15(18)17-12-5-3-11(4-6-12)8-14(16)19/h3-7H,8H2,1-2H3,(H2,16,19)(H,17,18). The van der Waals surface area contributed by atoms with Gasteiger partial charge in [0.2, 0.25) is 0 Å². The molecule has 2 aromatic rings. The highest BCUT2D eigenvalue weighted by atomic mass is 32.1. The Hall–Kier alpha value is -1.72. The lowest BCUT2D eigenvalue weighted by molar-refractivity contribution is 0.103. The minimum absolute atomic E-state index is 0.0757. The summed E-state index contributed by atoms with van der Waals surface area (Å²) in [5.74, 6) is -0.0757. The van der Waals surface area contributed by atoms with Crippen molar-refractivity contribution in [2.45, 2.75) is 20.3 Å². The molecule has 1 heterocycles. The molecule has 1 aromatic carbocycles. The van der Waals surface area contributed by atoms with Gasteiger partial charge in [0.15, 0.2) is 0 Å². The van der Waals surface area contributed by atoms with Crippen LogP contribution in [-0.4, -0.2) is 10.9 Å². The van der Waals surface area contributed by atoms with Gasteiger partial charge in [0, 0.05) is 17.0 Å². The van der Waals surface area contributed by atoms with E-state index in [9.17, 15) is 4.79 Å². The van der Waals surface area contributed by atoms with E-state index in [0.717, 1.165) is 21.7 Å². The molecule has 0 radical (unpaired) electrons. The first kappa shape index (κ1) is 14.7. The molecule has 1 aromatic heterocycles. The zero-order chi connectivity index (χ0) is 14.7. The number of thiocarbonyl (C=S) groups is 1. The van der Waals surface area contributed by atoms with Crippen LogP contribution in [0.5, 0.6) is 0 Å². The zero-order valence-electron chi connectivity index (χ0n) is 11.4. The quantitative estimate of drug-likeness (QED) is 0.851. The predicted molar refractivity (Wildman–Crippen MR) is 88.7 cm³/mol. The zero-order valence-corrected chi connectivity index (χ0v) is 13.0. The summed E-state index contributed by atoms with van der Waals surface area (Å²) in [5, 5.41) is 2.89. The molecule has 0 fully saturated rings. The topological polar surface area (TPSA) is 55.1 Å². The van der Waals surface area contributed by atoms with Crippen molar-refractivity contribution in [3.63, 3.8) is 0 Å². The van der Waals surface area contributed by atoms with Gasteiger partial charge in [0.05, 0.1) is 9.87 Å². The number of rotatable bonds is 4. The Bertz CT molecular complexity index is 625. The van der Waals surface area contributed by atoms with Crippen molar-refractivity contribution in [1.82, 2.24) is 0 Å². The molecule has 1 amide bonds. The number of nitrogens with one attached hydrogen (secondary N) is 1. The number of hydrogen-bond donors (Lipinski definition) is 2. The molecule has 0 unspecified atom stereocenters. The highest BCUT2D eigenvalue weighted by Crippen LogP contribution is 2.22. The predicted octanol–water partition coefficient (Wildman–Crippen LogP) is 3.45. The number of aryl methyl sites for hydroxylation is 2. The lowest BCUT2D eigenvalue weighted by Gasteiger charge is -2.05. The molecule has 3 nitrogen and oxygen atoms in total. The van der Waals surface area contributed by atoms with Gasteiger partial charge in [-0.25, -0.2) is 0 Å². The fourth-order valence-corrected chi connectivity index (χ4v) is 2.88. The molecule has 0 saturated heterocycles. The van der Waals surface area contributed by atoms with Gasteiger partial charge in [-0.3, -0.25) is 4.79 Å². The second-order valence-corrected chi connectivity index (χ2v) is 6.42. The van der Waals surface area contributed by atoms with E-state index in [1.54, 1.807) is 0 Å². The van der Waals surface area contributed by atoms with Crippen molar-refractivity contribution >= 4 is 40.1 Å². The van der Waals surface area contributed by atoms with Crippen LogP contribution < -0.4 is 11.1 Å². The summed E-state index contributed by atoms with van der Waals surface area (Å²) in [4.78, 5) is 14.5. The molecule has 0 bridgehead atoms. The van der Waals surface area contributed by atoms with Crippen LogP contribution in [0.4, 0.5) is 5.69 Å². The number of amides is 1. The molecular weight excluding hydrogens is 288 g/mol. The van der Waals surface area contributed by atoms with Gasteiger partial charge < -0.3 is 11.1 Å². The van der Waals surface area contributed by atoms with Crippen molar-refractivity contribution in [2.24, 2.45) is 5.73 Å². The largest absolute Gasteiger partial charge is 0.393 e. The first-order valence-corrected chi connectivity index (χ1v) is 7.44. The van der Waals surface area contributed by atoms with E-state index in [-0.39, 0.29) is 5.91 Å². The maximum atomic E-state index is 12.1. The Kier molecular flexibility index (Phi) is 4.52. The maximum Gasteiger partial charge on any atom is 0.265 e. The van der Waals surface area contributed by atoms with Gasteiger partial charge >= 0.3 is 0 Å². The second-order valence-electron chi connectivity index (χ2n) is 4.64. The van der Waals surface area contributed by atoms with Crippen molar-refractivity contribution in [2.75, 3.05) is 5.32 Å². The van der Waals surface area contributed by atoms with Crippen molar-refractivity contribution in [3.05, 3.63) is 51.2 Å². The van der Waals surface area contributed by atoms with E-state index >= 15 is 0 Å². The SMILES string of the molecule is Cc1cc(C(=O)Nc2ccc(CC(N)=S)cc2)sc1C. The third-order valence-corrected chi connectivity index (χ3v) is 4.28. The smallest absolute Gasteiger partial charge is 0.265 e. The van der Waals surface area contributed by atoms with Crippen LogP contribution in [0.25, 0.3) is 0 Å². The van der Waals surface area contributed by atoms with Gasteiger partial charge in [-0.1, -0.05) is 24.4 Å². The van der Waals surface area contributed by atoms with E-state index in [0.29, 0.717) is 11.4 Å². The lowest BCUT2D eigenvalue weighted by Crippen LogP contribution is -2.12. The number of carbonyl (C=O) groups is 1. The first-order valence-electron chi connectivity index (χ1n) is 6.21. The second kappa shape index (κ2) is 6.15. The number of benzene rings is 1. The third-order valence-electron chi connectivity index (χ3n) is 2.98. The highest BCUT2D eigenvalue weighted by Gasteiger charge is 2.10. The van der Waals surface area contributed by atoms with E-state index in [1.165, 1.54) is 16.2 Å². The summed E-state index contributed by atoms with van der Waals surface area (Å²) in [6.45, 7) is 4.02. The van der Waals surface area contributed by atoms with Gasteiger partial charge in [-0.2, -0.15) is 0 Å². The summed E-state index contributed by atoms with van der Waals surface area (Å²) < 4.78 is 0. The maximum absolute atomic E-state index is 12.1. The van der Waals surface area contributed by atoms with Gasteiger partial charge in [0.25, 0.3) is 5.91 Å². The number of thiophene rings is 1. The summed E-state index contributed by atoms with van der Waals surface area (Å²) in [6.07, 6.45) is 0.576. The highest BCUT2D eigenvalue weighted by molar-refractivity contribution is 7.80. The van der Waals surface area contributed by atoms with Crippen molar-refractivity contribution in [1.29, 1.82) is 0 Å². The summed E-state index contributed by atoms with van der Waals surface area (Å²) in [7, 11) is 0. The van der Waals surface area contributed by atoms with Crippen LogP contribution in [0.1, 0.15) is 25.7 Å². The molecule has 0 saturated carbocycles. The number of carbonyl (C=O) groups excluding carboxylic acids is 1. The normalized spacial score (nSPS) is 10.3. The first-order chi connectivity index (χ1) is 9.45. The summed E-state index contributed by atoms with van der Waals surface area (Å²) >= 11 is 6.38. The monoisotopic (exact) mass is 304 g/mol. The van der Waals surface area contributed by atoms with E-state index < -0.39 is 0 Å². The van der Waals surface area contributed by atoms with E-state index in [1.807, 2.05) is 44.2 Å². The Morgan fingerprint density at radius 1 is 1.30 bits per heavy atom. The van der Waals surface area contributed by atoms with Crippen molar-refractivity contribution in [3.8, 4) is 0 Å². The molecule has 5 heteroatoms. The molecular formula is C15H16N2OS2. The molecule has 0 aliphatic carbocycles. The van der Waals surface area contributed by atoms with E-state index in [2.05, 4.69) is 5.32 Å². The van der Waals surface area contributed by atoms with Crippen LogP contribution in [0.2, 0.25) is 0 Å². The van der Waals surface area contributed by atoms with Crippen LogP contribution in [0.15, 0.2) is 30.3 Å². The average Bonchev–Trinajstić information content (AvgIpc) is 2.71. The minimum atomic E-state index is -0.0757. The van der Waals surface area contributed by atoms with Crippen LogP contribution in [0, 0.1) is 13.8 Å². The van der Waals surface area contributed by atoms with Crippen LogP contribution in [-0.2, 0) is 6.42 Å². The Labute approximate surface area is 127 Å². The Morgan fingerprint density at radius 3 is 2.45 bits per heavy atom. The van der Waals surface area contributed by atoms with E-state index in [4.69, 9.17) is 18.0 Å². The number of anilines is 1. The molecule has 0 aliphatic heterocycles. The molecule has 0 atom stereocenters. The third kappa shape index (κ3) is 3.65. The average molecular weight is 304 g/mol. The van der Waals surface area contributed by atoms with Gasteiger partial charge in [-0.05, 0) is 43.2 Å². The minimum Gasteiger partial charge on any atom is -0.393 e. The Balaban J connectivity index is 2.06. The lowest BCUT2D eigenvalue weighted by atomic mass is 10.1. The molecule has 20 heavy (non-hydrogen) atoms. The van der Waals surface area contributed by atoms with Gasteiger partial charge in [0.1, 0.15) is 0 Å². The molecule has 3 N–H and O–H groups in total. The molecule has 2 rings (SSSR count). The molecule has 0 spiro atoms. The van der Waals surface area contributed by atoms with Crippen LogP contribution in [0.3, 0.4) is 0 Å². The van der Waals surface area contributed by atoms with Crippen LogP contribution >= 0.6 is 23.6 Å². The Morgan fingerprint density at radius 2 is 1.95 bits per heavy atom. The summed E-state index contributed by atoms with van der Waals surface area (Å²) in [6, 6.07) is 9.47. The fourth-order valence-electron chi connectivity index (χ4n) is 1.78. The number of nitrogens with two attached hydrogens (primary N) is 1. The van der Waals surface area contributed by atoms with Crippen molar-refractivity contribution < 1.29 is 4.79 Å². The molecule has 0 aliphatic rings.